The van der Waals surface area contributed by atoms with Crippen LogP contribution in [0.1, 0.15) is 51.0 Å². The molecule has 1 fully saturated rings. The Kier molecular flexibility index (Phi) is 6.09. The van der Waals surface area contributed by atoms with Gasteiger partial charge in [-0.05, 0) is 42.9 Å². The van der Waals surface area contributed by atoms with E-state index >= 15 is 0 Å². The number of rotatable bonds is 8. The maximum absolute atomic E-state index is 12.0. The molecule has 1 heterocycles. The molecule has 1 N–H and O–H groups in total. The standard InChI is InChI=1S/C20H28N4O2S/c1-14-22-23-19(24(14)16-7-8-16)27-13-18(25)21-11-12-26-17-9-5-15(6-10-17)20(2,3)4/h5-6,9-10,16H,7-8,11-13H2,1-4H3,(H,21,25). The molecule has 27 heavy (non-hydrogen) atoms. The van der Waals surface area contributed by atoms with Gasteiger partial charge in [-0.25, -0.2) is 0 Å². The van der Waals surface area contributed by atoms with Crippen molar-refractivity contribution in [2.45, 2.75) is 57.1 Å². The third kappa shape index (κ3) is 5.48. The van der Waals surface area contributed by atoms with Crippen LogP contribution in [0.4, 0.5) is 0 Å². The van der Waals surface area contributed by atoms with Gasteiger partial charge in [-0.2, -0.15) is 0 Å². The number of ether oxygens (including phenoxy) is 1. The summed E-state index contributed by atoms with van der Waals surface area (Å²) in [5.74, 6) is 2.06. The zero-order valence-corrected chi connectivity index (χ0v) is 17.3. The molecule has 0 aliphatic heterocycles. The van der Waals surface area contributed by atoms with Gasteiger partial charge in [0.05, 0.1) is 12.3 Å². The SMILES string of the molecule is Cc1nnc(SCC(=O)NCCOc2ccc(C(C)(C)C)cc2)n1C1CC1. The average Bonchev–Trinajstić information content (AvgIpc) is 3.39. The minimum Gasteiger partial charge on any atom is -0.492 e. The number of aryl methyl sites for hydroxylation is 1. The summed E-state index contributed by atoms with van der Waals surface area (Å²) in [4.78, 5) is 12.0. The first-order valence-corrected chi connectivity index (χ1v) is 10.4. The van der Waals surface area contributed by atoms with Crippen LogP contribution in [-0.2, 0) is 10.2 Å². The van der Waals surface area contributed by atoms with Crippen LogP contribution >= 0.6 is 11.8 Å². The molecule has 0 saturated heterocycles. The quantitative estimate of drug-likeness (QED) is 0.554. The number of nitrogens with zero attached hydrogens (tertiary/aromatic N) is 3. The summed E-state index contributed by atoms with van der Waals surface area (Å²) in [6, 6.07) is 8.64. The summed E-state index contributed by atoms with van der Waals surface area (Å²) in [6.45, 7) is 9.44. The lowest BCUT2D eigenvalue weighted by atomic mass is 9.87. The molecule has 1 amide bonds. The molecule has 1 saturated carbocycles. The molecule has 146 valence electrons. The van der Waals surface area contributed by atoms with E-state index < -0.39 is 0 Å². The van der Waals surface area contributed by atoms with Gasteiger partial charge in [-0.3, -0.25) is 4.79 Å². The van der Waals surface area contributed by atoms with Crippen molar-refractivity contribution < 1.29 is 9.53 Å². The van der Waals surface area contributed by atoms with E-state index in [-0.39, 0.29) is 11.3 Å². The Balaban J connectivity index is 1.36. The maximum Gasteiger partial charge on any atom is 0.230 e. The lowest BCUT2D eigenvalue weighted by molar-refractivity contribution is -0.118. The zero-order valence-electron chi connectivity index (χ0n) is 16.5. The first-order valence-electron chi connectivity index (χ1n) is 9.39. The largest absolute Gasteiger partial charge is 0.492 e. The van der Waals surface area contributed by atoms with Gasteiger partial charge in [0.1, 0.15) is 18.2 Å². The Hall–Kier alpha value is -2.02. The van der Waals surface area contributed by atoms with Crippen molar-refractivity contribution >= 4 is 17.7 Å². The normalized spacial score (nSPS) is 14.2. The minimum atomic E-state index is -0.0188. The summed E-state index contributed by atoms with van der Waals surface area (Å²) < 4.78 is 7.84. The molecule has 0 atom stereocenters. The summed E-state index contributed by atoms with van der Waals surface area (Å²) in [6.07, 6.45) is 2.35. The predicted molar refractivity (Wildman–Crippen MR) is 107 cm³/mol. The number of nitrogens with one attached hydrogen (secondary N) is 1. The van der Waals surface area contributed by atoms with Crippen LogP contribution in [0.3, 0.4) is 0 Å². The Morgan fingerprint density at radius 3 is 2.59 bits per heavy atom. The molecule has 7 heteroatoms. The van der Waals surface area contributed by atoms with E-state index in [1.54, 1.807) is 0 Å². The van der Waals surface area contributed by atoms with Gasteiger partial charge in [0.2, 0.25) is 5.91 Å². The second-order valence-electron chi connectivity index (χ2n) is 7.89. The highest BCUT2D eigenvalue weighted by Crippen LogP contribution is 2.38. The van der Waals surface area contributed by atoms with Crippen LogP contribution in [0, 0.1) is 6.92 Å². The van der Waals surface area contributed by atoms with Crippen LogP contribution in [0.2, 0.25) is 0 Å². The summed E-state index contributed by atoms with van der Waals surface area (Å²) in [7, 11) is 0. The van der Waals surface area contributed by atoms with Gasteiger partial charge >= 0.3 is 0 Å². The smallest absolute Gasteiger partial charge is 0.230 e. The van der Waals surface area contributed by atoms with Gasteiger partial charge in [-0.15, -0.1) is 10.2 Å². The van der Waals surface area contributed by atoms with E-state index in [1.807, 2.05) is 19.1 Å². The highest BCUT2D eigenvalue weighted by molar-refractivity contribution is 7.99. The van der Waals surface area contributed by atoms with E-state index in [1.165, 1.54) is 30.2 Å². The van der Waals surface area contributed by atoms with E-state index in [4.69, 9.17) is 4.74 Å². The molecule has 0 spiro atoms. The fourth-order valence-corrected chi connectivity index (χ4v) is 3.67. The molecule has 1 aromatic carbocycles. The molecule has 1 aliphatic carbocycles. The van der Waals surface area contributed by atoms with Crippen molar-refractivity contribution in [3.8, 4) is 5.75 Å². The number of hydrogen-bond acceptors (Lipinski definition) is 5. The molecule has 2 aromatic rings. The number of hydrogen-bond donors (Lipinski definition) is 1. The first kappa shape index (κ1) is 19.7. The van der Waals surface area contributed by atoms with Crippen molar-refractivity contribution in [2.75, 3.05) is 18.9 Å². The molecule has 0 bridgehead atoms. The van der Waals surface area contributed by atoms with Crippen molar-refractivity contribution in [1.82, 2.24) is 20.1 Å². The summed E-state index contributed by atoms with van der Waals surface area (Å²) in [5, 5.41) is 12.0. The highest BCUT2D eigenvalue weighted by Gasteiger charge is 2.28. The van der Waals surface area contributed by atoms with Crippen LogP contribution in [0.15, 0.2) is 29.4 Å². The van der Waals surface area contributed by atoms with E-state index in [0.717, 1.165) is 16.7 Å². The average molecular weight is 389 g/mol. The third-order valence-electron chi connectivity index (χ3n) is 4.49. The van der Waals surface area contributed by atoms with Crippen molar-refractivity contribution in [3.05, 3.63) is 35.7 Å². The fourth-order valence-electron chi connectivity index (χ4n) is 2.79. The second kappa shape index (κ2) is 8.33. The molecule has 6 nitrogen and oxygen atoms in total. The number of carbonyl (C=O) groups is 1. The highest BCUT2D eigenvalue weighted by atomic mass is 32.2. The second-order valence-corrected chi connectivity index (χ2v) is 8.83. The van der Waals surface area contributed by atoms with Gasteiger partial charge in [0, 0.05) is 6.04 Å². The van der Waals surface area contributed by atoms with Gasteiger partial charge in [0.15, 0.2) is 5.16 Å². The van der Waals surface area contributed by atoms with Gasteiger partial charge in [-0.1, -0.05) is 44.7 Å². The minimum absolute atomic E-state index is 0.0188. The first-order chi connectivity index (χ1) is 12.8. The lowest BCUT2D eigenvalue weighted by Crippen LogP contribution is -2.29. The van der Waals surface area contributed by atoms with Crippen LogP contribution < -0.4 is 10.1 Å². The molecule has 1 aliphatic rings. The Morgan fingerprint density at radius 1 is 1.26 bits per heavy atom. The number of thioether (sulfide) groups is 1. The molecule has 3 rings (SSSR count). The number of carbonyl (C=O) groups excluding carboxylic acids is 1. The van der Waals surface area contributed by atoms with Crippen LogP contribution in [-0.4, -0.2) is 39.6 Å². The maximum atomic E-state index is 12.0. The van der Waals surface area contributed by atoms with Crippen LogP contribution in [0.5, 0.6) is 5.75 Å². The molecule has 0 radical (unpaired) electrons. The van der Waals surface area contributed by atoms with E-state index in [9.17, 15) is 4.79 Å². The van der Waals surface area contributed by atoms with E-state index in [2.05, 4.69) is 53.0 Å². The topological polar surface area (TPSA) is 69.0 Å². The van der Waals surface area contributed by atoms with Crippen molar-refractivity contribution in [1.29, 1.82) is 0 Å². The van der Waals surface area contributed by atoms with Crippen molar-refractivity contribution in [3.63, 3.8) is 0 Å². The molecule has 1 aromatic heterocycles. The predicted octanol–water partition coefficient (Wildman–Crippen LogP) is 3.51. The van der Waals surface area contributed by atoms with Gasteiger partial charge in [0.25, 0.3) is 0 Å². The Morgan fingerprint density at radius 2 is 1.96 bits per heavy atom. The zero-order chi connectivity index (χ0) is 19.4. The Labute approximate surface area is 165 Å². The fraction of sp³-hybridized carbons (Fsp3) is 0.550. The molecular weight excluding hydrogens is 360 g/mol. The summed E-state index contributed by atoms with van der Waals surface area (Å²) >= 11 is 1.44. The lowest BCUT2D eigenvalue weighted by Gasteiger charge is -2.19. The van der Waals surface area contributed by atoms with Crippen LogP contribution in [0.25, 0.3) is 0 Å². The number of benzene rings is 1. The van der Waals surface area contributed by atoms with Gasteiger partial charge < -0.3 is 14.6 Å². The number of amides is 1. The van der Waals surface area contributed by atoms with E-state index in [0.29, 0.717) is 24.9 Å². The third-order valence-corrected chi connectivity index (χ3v) is 5.44. The molecular formula is C20H28N4O2S. The molecule has 0 unspecified atom stereocenters. The summed E-state index contributed by atoms with van der Waals surface area (Å²) in [5.41, 5.74) is 1.40. The Bertz CT molecular complexity index is 776. The monoisotopic (exact) mass is 388 g/mol. The number of aromatic nitrogens is 3. The van der Waals surface area contributed by atoms with Crippen molar-refractivity contribution in [2.24, 2.45) is 0 Å².